The van der Waals surface area contributed by atoms with E-state index in [9.17, 15) is 0 Å². The molecule has 1 unspecified atom stereocenters. The molecule has 0 bridgehead atoms. The van der Waals surface area contributed by atoms with Crippen molar-refractivity contribution < 1.29 is 4.42 Å². The third-order valence-electron chi connectivity index (χ3n) is 2.47. The second-order valence-electron chi connectivity index (χ2n) is 3.71. The molecule has 1 heterocycles. The van der Waals surface area contributed by atoms with Crippen molar-refractivity contribution >= 4 is 27.5 Å². The quantitative estimate of drug-likeness (QED) is 0.671. The van der Waals surface area contributed by atoms with Crippen molar-refractivity contribution in [3.05, 3.63) is 57.4 Å². The van der Waals surface area contributed by atoms with Crippen LogP contribution in [0.2, 0.25) is 5.02 Å². The van der Waals surface area contributed by atoms with E-state index >= 15 is 0 Å². The van der Waals surface area contributed by atoms with Crippen molar-refractivity contribution in [3.63, 3.8) is 0 Å². The first-order valence-corrected chi connectivity index (χ1v) is 6.30. The van der Waals surface area contributed by atoms with Crippen molar-refractivity contribution in [2.45, 2.75) is 12.5 Å². The Bertz CT molecular complexity index is 467. The Hall–Kier alpha value is -0.810. The average Bonchev–Trinajstić information content (AvgIpc) is 2.77. The standard InChI is InChI=1S/C12H12BrClN2O/c13-9-4-8(5-10(14)6-9)12(16-15)7-11-2-1-3-17-11/h1-6,12,16H,7,15H2. The highest BCUT2D eigenvalue weighted by atomic mass is 79.9. The molecule has 2 aromatic rings. The van der Waals surface area contributed by atoms with Gasteiger partial charge in [0.1, 0.15) is 5.76 Å². The molecular weight excluding hydrogens is 304 g/mol. The molecule has 90 valence electrons. The maximum atomic E-state index is 6.01. The van der Waals surface area contributed by atoms with Crippen LogP contribution in [-0.2, 0) is 6.42 Å². The second-order valence-corrected chi connectivity index (χ2v) is 5.06. The van der Waals surface area contributed by atoms with Crippen molar-refractivity contribution in [2.75, 3.05) is 0 Å². The monoisotopic (exact) mass is 314 g/mol. The van der Waals surface area contributed by atoms with Gasteiger partial charge in [0.05, 0.1) is 12.3 Å². The second kappa shape index (κ2) is 5.69. The summed E-state index contributed by atoms with van der Waals surface area (Å²) in [6, 6.07) is 9.46. The molecule has 1 aromatic carbocycles. The molecule has 1 aromatic heterocycles. The van der Waals surface area contributed by atoms with Crippen LogP contribution in [0.3, 0.4) is 0 Å². The number of halogens is 2. The van der Waals surface area contributed by atoms with Crippen molar-refractivity contribution in [1.82, 2.24) is 5.43 Å². The van der Waals surface area contributed by atoms with E-state index in [4.69, 9.17) is 21.9 Å². The normalized spacial score (nSPS) is 12.6. The zero-order chi connectivity index (χ0) is 12.3. The molecule has 17 heavy (non-hydrogen) atoms. The Labute approximate surface area is 113 Å². The smallest absolute Gasteiger partial charge is 0.105 e. The molecule has 0 fully saturated rings. The fraction of sp³-hybridized carbons (Fsp3) is 0.167. The Kier molecular flexibility index (Phi) is 4.23. The van der Waals surface area contributed by atoms with Gasteiger partial charge < -0.3 is 4.42 Å². The molecule has 3 N–H and O–H groups in total. The van der Waals surface area contributed by atoms with Crippen molar-refractivity contribution in [1.29, 1.82) is 0 Å². The highest BCUT2D eigenvalue weighted by Gasteiger charge is 2.13. The van der Waals surface area contributed by atoms with Gasteiger partial charge in [-0.15, -0.1) is 0 Å². The lowest BCUT2D eigenvalue weighted by Crippen LogP contribution is -2.29. The molecule has 3 nitrogen and oxygen atoms in total. The third-order valence-corrected chi connectivity index (χ3v) is 3.15. The Morgan fingerprint density at radius 1 is 1.41 bits per heavy atom. The minimum atomic E-state index is -0.0313. The van der Waals surface area contributed by atoms with E-state index in [-0.39, 0.29) is 6.04 Å². The van der Waals surface area contributed by atoms with Gasteiger partial charge in [-0.3, -0.25) is 11.3 Å². The van der Waals surface area contributed by atoms with E-state index in [1.54, 1.807) is 6.26 Å². The van der Waals surface area contributed by atoms with E-state index in [0.29, 0.717) is 11.4 Å². The molecule has 2 rings (SSSR count). The lowest BCUT2D eigenvalue weighted by molar-refractivity contribution is 0.455. The Morgan fingerprint density at radius 2 is 2.24 bits per heavy atom. The van der Waals surface area contributed by atoms with Gasteiger partial charge in [-0.2, -0.15) is 0 Å². The first-order chi connectivity index (χ1) is 8.19. The molecule has 0 radical (unpaired) electrons. The predicted octanol–water partition coefficient (Wildman–Crippen LogP) is 3.44. The van der Waals surface area contributed by atoms with Crippen LogP contribution < -0.4 is 11.3 Å². The van der Waals surface area contributed by atoms with Crippen LogP contribution in [0.15, 0.2) is 45.5 Å². The molecule has 0 amide bonds. The molecule has 0 spiro atoms. The zero-order valence-corrected chi connectivity index (χ0v) is 11.3. The first kappa shape index (κ1) is 12.6. The average molecular weight is 316 g/mol. The van der Waals surface area contributed by atoms with Crippen LogP contribution in [0, 0.1) is 0 Å². The van der Waals surface area contributed by atoms with Gasteiger partial charge in [0, 0.05) is 15.9 Å². The SMILES string of the molecule is NNC(Cc1ccco1)c1cc(Cl)cc(Br)c1. The molecule has 0 aliphatic rings. The van der Waals surface area contributed by atoms with Crippen LogP contribution >= 0.6 is 27.5 Å². The zero-order valence-electron chi connectivity index (χ0n) is 8.99. The van der Waals surface area contributed by atoms with E-state index in [2.05, 4.69) is 21.4 Å². The van der Waals surface area contributed by atoms with Gasteiger partial charge in [-0.05, 0) is 35.9 Å². The summed E-state index contributed by atoms with van der Waals surface area (Å²) >= 11 is 9.42. The topological polar surface area (TPSA) is 51.2 Å². The molecular formula is C12H12BrClN2O. The number of benzene rings is 1. The molecule has 0 saturated carbocycles. The van der Waals surface area contributed by atoms with Crippen LogP contribution in [0.5, 0.6) is 0 Å². The molecule has 0 saturated heterocycles. The summed E-state index contributed by atoms with van der Waals surface area (Å²) in [5.74, 6) is 6.45. The number of hydrazine groups is 1. The van der Waals surface area contributed by atoms with Crippen molar-refractivity contribution in [3.8, 4) is 0 Å². The predicted molar refractivity (Wildman–Crippen MR) is 71.6 cm³/mol. The number of hydrogen-bond acceptors (Lipinski definition) is 3. The molecule has 1 atom stereocenters. The maximum absolute atomic E-state index is 6.01. The highest BCUT2D eigenvalue weighted by molar-refractivity contribution is 9.10. The lowest BCUT2D eigenvalue weighted by Gasteiger charge is -2.15. The van der Waals surface area contributed by atoms with Crippen LogP contribution in [0.1, 0.15) is 17.4 Å². The summed E-state index contributed by atoms with van der Waals surface area (Å²) in [7, 11) is 0. The van der Waals surface area contributed by atoms with E-state index in [1.165, 1.54) is 0 Å². The number of nitrogens with two attached hydrogens (primary N) is 1. The summed E-state index contributed by atoms with van der Waals surface area (Å²) in [6.45, 7) is 0. The van der Waals surface area contributed by atoms with Crippen LogP contribution in [0.4, 0.5) is 0 Å². The van der Waals surface area contributed by atoms with Gasteiger partial charge >= 0.3 is 0 Å². The minimum absolute atomic E-state index is 0.0313. The van der Waals surface area contributed by atoms with Gasteiger partial charge in [0.25, 0.3) is 0 Å². The van der Waals surface area contributed by atoms with Gasteiger partial charge in [0.2, 0.25) is 0 Å². The van der Waals surface area contributed by atoms with Gasteiger partial charge in [-0.1, -0.05) is 27.5 Å². The van der Waals surface area contributed by atoms with Gasteiger partial charge in [-0.25, -0.2) is 0 Å². The number of hydrogen-bond donors (Lipinski definition) is 2. The minimum Gasteiger partial charge on any atom is -0.469 e. The van der Waals surface area contributed by atoms with Crippen LogP contribution in [0.25, 0.3) is 0 Å². The summed E-state index contributed by atoms with van der Waals surface area (Å²) in [5.41, 5.74) is 3.79. The van der Waals surface area contributed by atoms with E-state index in [0.717, 1.165) is 15.8 Å². The largest absolute Gasteiger partial charge is 0.469 e. The lowest BCUT2D eigenvalue weighted by atomic mass is 10.0. The van der Waals surface area contributed by atoms with Gasteiger partial charge in [0.15, 0.2) is 0 Å². The van der Waals surface area contributed by atoms with E-state index < -0.39 is 0 Å². The van der Waals surface area contributed by atoms with Crippen molar-refractivity contribution in [2.24, 2.45) is 5.84 Å². The summed E-state index contributed by atoms with van der Waals surface area (Å²) in [6.07, 6.45) is 2.33. The third kappa shape index (κ3) is 3.33. The maximum Gasteiger partial charge on any atom is 0.105 e. The number of nitrogens with one attached hydrogen (secondary N) is 1. The summed E-state index contributed by atoms with van der Waals surface area (Å²) < 4.78 is 6.24. The Morgan fingerprint density at radius 3 is 2.82 bits per heavy atom. The first-order valence-electron chi connectivity index (χ1n) is 5.13. The molecule has 5 heteroatoms. The summed E-state index contributed by atoms with van der Waals surface area (Å²) in [4.78, 5) is 0. The highest BCUT2D eigenvalue weighted by Crippen LogP contribution is 2.25. The number of furan rings is 1. The summed E-state index contributed by atoms with van der Waals surface area (Å²) in [5, 5.41) is 0.675. The Balaban J connectivity index is 2.22. The van der Waals surface area contributed by atoms with E-state index in [1.807, 2.05) is 30.3 Å². The fourth-order valence-corrected chi connectivity index (χ4v) is 2.57. The fourth-order valence-electron chi connectivity index (χ4n) is 1.68. The van der Waals surface area contributed by atoms with Crippen LogP contribution in [-0.4, -0.2) is 0 Å². The molecule has 0 aliphatic heterocycles. The molecule has 0 aliphatic carbocycles. The number of rotatable bonds is 4.